The second kappa shape index (κ2) is 4.88. The van der Waals surface area contributed by atoms with E-state index >= 15 is 0 Å². The van der Waals surface area contributed by atoms with Gasteiger partial charge in [0, 0.05) is 12.0 Å². The Balaban J connectivity index is 2.18. The first kappa shape index (κ1) is 13.3. The van der Waals surface area contributed by atoms with Crippen molar-refractivity contribution in [2.24, 2.45) is 11.3 Å². The summed E-state index contributed by atoms with van der Waals surface area (Å²) in [6.45, 7) is 1.45. The van der Waals surface area contributed by atoms with Gasteiger partial charge >= 0.3 is 5.97 Å². The van der Waals surface area contributed by atoms with Crippen LogP contribution in [0.2, 0.25) is 0 Å². The molecule has 5 nitrogen and oxygen atoms in total. The summed E-state index contributed by atoms with van der Waals surface area (Å²) < 4.78 is 0. The zero-order valence-corrected chi connectivity index (χ0v) is 10.7. The van der Waals surface area contributed by atoms with Gasteiger partial charge in [-0.15, -0.1) is 0 Å². The summed E-state index contributed by atoms with van der Waals surface area (Å²) in [5.41, 5.74) is -1.51. The predicted molar refractivity (Wildman–Crippen MR) is 64.9 cm³/mol. The number of aliphatic hydroxyl groups is 1. The number of rotatable bonds is 4. The van der Waals surface area contributed by atoms with Crippen LogP contribution >= 0.6 is 0 Å². The monoisotopic (exact) mass is 255 g/mol. The fourth-order valence-corrected chi connectivity index (χ4v) is 2.77. The van der Waals surface area contributed by atoms with Gasteiger partial charge in [0.2, 0.25) is 5.91 Å². The van der Waals surface area contributed by atoms with E-state index in [0.717, 1.165) is 25.7 Å². The van der Waals surface area contributed by atoms with E-state index in [1.54, 1.807) is 0 Å². The molecule has 2 fully saturated rings. The molecule has 3 N–H and O–H groups in total. The van der Waals surface area contributed by atoms with Crippen LogP contribution in [0.15, 0.2) is 0 Å². The SMILES string of the molecule is CC(C(=O)O)(C(=O)NC1CC1)C1CCCCC1O. The summed E-state index contributed by atoms with van der Waals surface area (Å²) in [6, 6.07) is 0.136. The first-order valence-corrected chi connectivity index (χ1v) is 6.68. The number of hydrogen-bond acceptors (Lipinski definition) is 3. The van der Waals surface area contributed by atoms with Crippen LogP contribution in [0.5, 0.6) is 0 Å². The third-order valence-electron chi connectivity index (χ3n) is 4.30. The minimum absolute atomic E-state index is 0.136. The molecule has 2 aliphatic rings. The second-order valence-corrected chi connectivity index (χ2v) is 5.71. The van der Waals surface area contributed by atoms with E-state index in [-0.39, 0.29) is 6.04 Å². The maximum Gasteiger partial charge on any atom is 0.319 e. The molecular formula is C13H21NO4. The molecule has 2 saturated carbocycles. The van der Waals surface area contributed by atoms with Gasteiger partial charge in [0.15, 0.2) is 0 Å². The number of carboxylic acids is 1. The molecule has 1 amide bonds. The molecule has 102 valence electrons. The molecule has 0 aromatic rings. The van der Waals surface area contributed by atoms with Crippen molar-refractivity contribution in [2.45, 2.75) is 57.6 Å². The van der Waals surface area contributed by atoms with Crippen molar-refractivity contribution >= 4 is 11.9 Å². The standard InChI is InChI=1S/C13H21NO4/c1-13(12(17)18,11(16)14-8-6-7-8)9-4-2-3-5-10(9)15/h8-10,15H,2-7H2,1H3,(H,14,16)(H,17,18). The highest BCUT2D eigenvalue weighted by Crippen LogP contribution is 2.40. The number of carbonyl (C=O) groups is 2. The highest BCUT2D eigenvalue weighted by atomic mass is 16.4. The van der Waals surface area contributed by atoms with E-state index in [9.17, 15) is 19.8 Å². The van der Waals surface area contributed by atoms with Crippen molar-refractivity contribution in [1.29, 1.82) is 0 Å². The molecule has 0 aliphatic heterocycles. The molecule has 0 saturated heterocycles. The summed E-state index contributed by atoms with van der Waals surface area (Å²) in [5.74, 6) is -2.06. The summed E-state index contributed by atoms with van der Waals surface area (Å²) in [6.07, 6.45) is 4.12. The van der Waals surface area contributed by atoms with Gasteiger partial charge in [-0.1, -0.05) is 12.8 Å². The summed E-state index contributed by atoms with van der Waals surface area (Å²) >= 11 is 0. The van der Waals surface area contributed by atoms with Gasteiger partial charge in [-0.2, -0.15) is 0 Å². The molecule has 0 aromatic heterocycles. The van der Waals surface area contributed by atoms with Crippen LogP contribution < -0.4 is 5.32 Å². The van der Waals surface area contributed by atoms with E-state index in [2.05, 4.69) is 5.32 Å². The Morgan fingerprint density at radius 3 is 2.28 bits per heavy atom. The Labute approximate surface area is 107 Å². The Morgan fingerprint density at radius 2 is 1.78 bits per heavy atom. The molecule has 0 bridgehead atoms. The molecular weight excluding hydrogens is 234 g/mol. The van der Waals surface area contributed by atoms with Crippen LogP contribution in [0.1, 0.15) is 45.4 Å². The zero-order valence-electron chi connectivity index (χ0n) is 10.7. The van der Waals surface area contributed by atoms with Crippen LogP contribution in [0.3, 0.4) is 0 Å². The van der Waals surface area contributed by atoms with Gasteiger partial charge in [-0.25, -0.2) is 0 Å². The first-order chi connectivity index (χ1) is 8.46. The maximum atomic E-state index is 12.2. The lowest BCUT2D eigenvalue weighted by molar-refractivity contribution is -0.164. The van der Waals surface area contributed by atoms with Crippen molar-refractivity contribution in [3.05, 3.63) is 0 Å². The van der Waals surface area contributed by atoms with E-state index in [1.165, 1.54) is 6.92 Å². The average molecular weight is 255 g/mol. The quantitative estimate of drug-likeness (QED) is 0.652. The van der Waals surface area contributed by atoms with Gasteiger partial charge < -0.3 is 15.5 Å². The van der Waals surface area contributed by atoms with Crippen molar-refractivity contribution in [3.8, 4) is 0 Å². The first-order valence-electron chi connectivity index (χ1n) is 6.68. The van der Waals surface area contributed by atoms with Crippen LogP contribution in [-0.2, 0) is 9.59 Å². The lowest BCUT2D eigenvalue weighted by Gasteiger charge is -2.38. The number of carboxylic acid groups (broad SMARTS) is 1. The Bertz CT molecular complexity index is 353. The van der Waals surface area contributed by atoms with Crippen molar-refractivity contribution in [3.63, 3.8) is 0 Å². The van der Waals surface area contributed by atoms with E-state index in [4.69, 9.17) is 0 Å². The average Bonchev–Trinajstić information content (AvgIpc) is 3.12. The maximum absolute atomic E-state index is 12.2. The van der Waals surface area contributed by atoms with Gasteiger partial charge in [0.05, 0.1) is 6.10 Å². The Hall–Kier alpha value is -1.10. The van der Waals surface area contributed by atoms with Crippen molar-refractivity contribution in [1.82, 2.24) is 5.32 Å². The third kappa shape index (κ3) is 2.36. The molecule has 5 heteroatoms. The van der Waals surface area contributed by atoms with Crippen LogP contribution in [-0.4, -0.2) is 34.2 Å². The fraction of sp³-hybridized carbons (Fsp3) is 0.846. The summed E-state index contributed by atoms with van der Waals surface area (Å²) in [4.78, 5) is 23.7. The number of aliphatic hydroxyl groups excluding tert-OH is 1. The number of carbonyl (C=O) groups excluding carboxylic acids is 1. The van der Waals surface area contributed by atoms with Crippen LogP contribution in [0.4, 0.5) is 0 Å². The molecule has 0 radical (unpaired) electrons. The van der Waals surface area contributed by atoms with Gasteiger partial charge in [-0.05, 0) is 32.6 Å². The smallest absolute Gasteiger partial charge is 0.319 e. The minimum Gasteiger partial charge on any atom is -0.480 e. The van der Waals surface area contributed by atoms with Gasteiger partial charge in [0.25, 0.3) is 0 Å². The molecule has 3 unspecified atom stereocenters. The molecule has 18 heavy (non-hydrogen) atoms. The Kier molecular flexibility index (Phi) is 3.61. The van der Waals surface area contributed by atoms with Crippen LogP contribution in [0.25, 0.3) is 0 Å². The van der Waals surface area contributed by atoms with E-state index in [0.29, 0.717) is 12.8 Å². The normalized spacial score (nSPS) is 31.4. The number of aliphatic carboxylic acids is 1. The predicted octanol–water partition coefficient (Wildman–Crippen LogP) is 0.907. The van der Waals surface area contributed by atoms with E-state index in [1.807, 2.05) is 0 Å². The number of nitrogens with one attached hydrogen (secondary N) is 1. The molecule has 3 atom stereocenters. The number of amides is 1. The Morgan fingerprint density at radius 1 is 1.17 bits per heavy atom. The van der Waals surface area contributed by atoms with Gasteiger partial charge in [-0.3, -0.25) is 9.59 Å². The lowest BCUT2D eigenvalue weighted by atomic mass is 9.67. The molecule has 2 aliphatic carbocycles. The number of hydrogen-bond donors (Lipinski definition) is 3. The second-order valence-electron chi connectivity index (χ2n) is 5.71. The van der Waals surface area contributed by atoms with Gasteiger partial charge in [0.1, 0.15) is 5.41 Å². The molecule has 0 aromatic carbocycles. The fourth-order valence-electron chi connectivity index (χ4n) is 2.77. The van der Waals surface area contributed by atoms with Crippen molar-refractivity contribution in [2.75, 3.05) is 0 Å². The van der Waals surface area contributed by atoms with E-state index < -0.39 is 29.3 Å². The lowest BCUT2D eigenvalue weighted by Crippen LogP contribution is -2.53. The van der Waals surface area contributed by atoms with Crippen molar-refractivity contribution < 1.29 is 19.8 Å². The molecule has 2 rings (SSSR count). The summed E-state index contributed by atoms with van der Waals surface area (Å²) in [5, 5.41) is 22.2. The topological polar surface area (TPSA) is 86.6 Å². The highest BCUT2D eigenvalue weighted by Gasteiger charge is 2.52. The minimum atomic E-state index is -1.51. The highest BCUT2D eigenvalue weighted by molar-refractivity contribution is 6.02. The zero-order chi connectivity index (χ0) is 13.3. The van der Waals surface area contributed by atoms with Crippen LogP contribution in [0, 0.1) is 11.3 Å². The molecule has 0 heterocycles. The third-order valence-corrected chi connectivity index (χ3v) is 4.30. The largest absolute Gasteiger partial charge is 0.480 e. The molecule has 0 spiro atoms. The summed E-state index contributed by atoms with van der Waals surface area (Å²) in [7, 11) is 0.